The third-order valence-electron chi connectivity index (χ3n) is 3.89. The highest BCUT2D eigenvalue weighted by atomic mass is 19.1. The summed E-state index contributed by atoms with van der Waals surface area (Å²) < 4.78 is 37.3. The van der Waals surface area contributed by atoms with Crippen molar-refractivity contribution in [2.45, 2.75) is 19.3 Å². The molecule has 118 valence electrons. The summed E-state index contributed by atoms with van der Waals surface area (Å²) in [5.74, 6) is -1.05. The fourth-order valence-electron chi connectivity index (χ4n) is 2.93. The second-order valence-electron chi connectivity index (χ2n) is 5.78. The first-order valence-electron chi connectivity index (χ1n) is 7.36. The highest BCUT2D eigenvalue weighted by molar-refractivity contribution is 5.20. The Morgan fingerprint density at radius 1 is 1.29 bits per heavy atom. The van der Waals surface area contributed by atoms with Gasteiger partial charge in [-0.15, -0.1) is 0 Å². The van der Waals surface area contributed by atoms with E-state index in [2.05, 4.69) is 5.32 Å². The van der Waals surface area contributed by atoms with Gasteiger partial charge >= 0.3 is 0 Å². The second-order valence-corrected chi connectivity index (χ2v) is 5.78. The van der Waals surface area contributed by atoms with Crippen molar-refractivity contribution in [3.63, 3.8) is 0 Å². The number of benzene rings is 1. The normalized spacial score (nSPS) is 22.4. The summed E-state index contributed by atoms with van der Waals surface area (Å²) in [6.45, 7) is 3.54. The fraction of sp³-hybridized carbons (Fsp3) is 0.625. The monoisotopic (exact) mass is 299 g/mol. The number of halogens is 2. The number of hydrogen-bond donors (Lipinski definition) is 1. The van der Waals surface area contributed by atoms with Crippen molar-refractivity contribution in [2.75, 3.05) is 40.0 Å². The van der Waals surface area contributed by atoms with Gasteiger partial charge in [0.1, 0.15) is 11.6 Å². The van der Waals surface area contributed by atoms with E-state index in [-0.39, 0.29) is 5.41 Å². The first kappa shape index (κ1) is 16.3. The molecule has 0 spiro atoms. The zero-order valence-electron chi connectivity index (χ0n) is 12.5. The van der Waals surface area contributed by atoms with Crippen LogP contribution >= 0.6 is 0 Å². The number of methoxy groups -OCH3 is 1. The van der Waals surface area contributed by atoms with Crippen LogP contribution in [0.5, 0.6) is 0 Å². The molecule has 0 aromatic heterocycles. The molecule has 3 nitrogen and oxygen atoms in total. The van der Waals surface area contributed by atoms with E-state index in [0.717, 1.165) is 38.6 Å². The lowest BCUT2D eigenvalue weighted by Gasteiger charge is -2.37. The maximum atomic E-state index is 13.4. The summed E-state index contributed by atoms with van der Waals surface area (Å²) in [5.41, 5.74) is 0.582. The predicted octanol–water partition coefficient (Wildman–Crippen LogP) is 2.54. The molecule has 0 radical (unpaired) electrons. The number of ether oxygens (including phenoxy) is 2. The summed E-state index contributed by atoms with van der Waals surface area (Å²) in [6, 6.07) is 3.73. The fourth-order valence-corrected chi connectivity index (χ4v) is 2.93. The Morgan fingerprint density at radius 2 is 2.05 bits per heavy atom. The zero-order chi connectivity index (χ0) is 15.1. The Balaban J connectivity index is 2.04. The largest absolute Gasteiger partial charge is 0.383 e. The van der Waals surface area contributed by atoms with Crippen LogP contribution in [-0.2, 0) is 15.9 Å². The predicted molar refractivity (Wildman–Crippen MR) is 77.3 cm³/mol. The minimum absolute atomic E-state index is 0.105. The molecule has 1 unspecified atom stereocenters. The van der Waals surface area contributed by atoms with Crippen LogP contribution in [-0.4, -0.2) is 40.0 Å². The van der Waals surface area contributed by atoms with Crippen molar-refractivity contribution in [1.29, 1.82) is 0 Å². The Kier molecular flexibility index (Phi) is 6.08. The third-order valence-corrected chi connectivity index (χ3v) is 3.89. The molecule has 1 heterocycles. The van der Waals surface area contributed by atoms with Crippen molar-refractivity contribution < 1.29 is 18.3 Å². The molecule has 0 bridgehead atoms. The second kappa shape index (κ2) is 7.82. The van der Waals surface area contributed by atoms with Gasteiger partial charge in [-0.3, -0.25) is 0 Å². The number of hydrogen-bond acceptors (Lipinski definition) is 3. The quantitative estimate of drug-likeness (QED) is 0.785. The van der Waals surface area contributed by atoms with E-state index in [0.29, 0.717) is 25.2 Å². The molecule has 1 aromatic carbocycles. The Bertz CT molecular complexity index is 428. The molecule has 0 amide bonds. The summed E-state index contributed by atoms with van der Waals surface area (Å²) in [7, 11) is 1.66. The molecular formula is C16H23F2NO2. The van der Waals surface area contributed by atoms with Crippen molar-refractivity contribution in [1.82, 2.24) is 5.32 Å². The van der Waals surface area contributed by atoms with Crippen LogP contribution in [0.2, 0.25) is 0 Å². The van der Waals surface area contributed by atoms with Crippen LogP contribution in [0.3, 0.4) is 0 Å². The average Bonchev–Trinajstić information content (AvgIpc) is 2.43. The Morgan fingerprint density at radius 3 is 2.67 bits per heavy atom. The summed E-state index contributed by atoms with van der Waals surface area (Å²) in [4.78, 5) is 0. The van der Waals surface area contributed by atoms with Gasteiger partial charge in [-0.1, -0.05) is 0 Å². The van der Waals surface area contributed by atoms with Gasteiger partial charge in [0.15, 0.2) is 0 Å². The maximum absolute atomic E-state index is 13.4. The molecule has 1 aliphatic heterocycles. The van der Waals surface area contributed by atoms with E-state index in [1.165, 1.54) is 12.1 Å². The van der Waals surface area contributed by atoms with Crippen molar-refractivity contribution in [3.05, 3.63) is 35.4 Å². The summed E-state index contributed by atoms with van der Waals surface area (Å²) in [6.07, 6.45) is 2.58. The van der Waals surface area contributed by atoms with E-state index < -0.39 is 11.6 Å². The van der Waals surface area contributed by atoms with Gasteiger partial charge in [-0.25, -0.2) is 8.78 Å². The van der Waals surface area contributed by atoms with Crippen LogP contribution in [0.15, 0.2) is 18.2 Å². The van der Waals surface area contributed by atoms with E-state index in [1.54, 1.807) is 7.11 Å². The molecular weight excluding hydrogens is 276 g/mol. The van der Waals surface area contributed by atoms with E-state index >= 15 is 0 Å². The lowest BCUT2D eigenvalue weighted by atomic mass is 9.77. The zero-order valence-corrected chi connectivity index (χ0v) is 12.5. The summed E-state index contributed by atoms with van der Waals surface area (Å²) in [5, 5.41) is 3.35. The van der Waals surface area contributed by atoms with Gasteiger partial charge in [-0.05, 0) is 37.0 Å². The van der Waals surface area contributed by atoms with Crippen LogP contribution < -0.4 is 5.32 Å². The molecule has 5 heteroatoms. The molecule has 0 saturated carbocycles. The maximum Gasteiger partial charge on any atom is 0.126 e. The molecule has 1 aromatic rings. The van der Waals surface area contributed by atoms with Gasteiger partial charge < -0.3 is 14.8 Å². The molecule has 1 N–H and O–H groups in total. The first-order valence-corrected chi connectivity index (χ1v) is 7.36. The molecule has 21 heavy (non-hydrogen) atoms. The van der Waals surface area contributed by atoms with Crippen molar-refractivity contribution in [3.8, 4) is 0 Å². The minimum Gasteiger partial charge on any atom is -0.383 e. The Hall–Kier alpha value is -1.04. The van der Waals surface area contributed by atoms with Crippen LogP contribution in [0, 0.1) is 17.0 Å². The third kappa shape index (κ3) is 5.02. The lowest BCUT2D eigenvalue weighted by Crippen LogP contribution is -2.43. The SMILES string of the molecule is COCCNCC1(Cc2cc(F)cc(F)c2)CCCOC1. The van der Waals surface area contributed by atoms with Crippen LogP contribution in [0.25, 0.3) is 0 Å². The molecule has 2 rings (SSSR count). The van der Waals surface area contributed by atoms with Gasteiger partial charge in [0.2, 0.25) is 0 Å². The smallest absolute Gasteiger partial charge is 0.126 e. The molecule has 1 atom stereocenters. The highest BCUT2D eigenvalue weighted by Crippen LogP contribution is 2.32. The lowest BCUT2D eigenvalue weighted by molar-refractivity contribution is -0.00776. The number of rotatable bonds is 7. The highest BCUT2D eigenvalue weighted by Gasteiger charge is 2.33. The van der Waals surface area contributed by atoms with Gasteiger partial charge in [0, 0.05) is 38.3 Å². The van der Waals surface area contributed by atoms with Crippen molar-refractivity contribution >= 4 is 0 Å². The number of nitrogens with one attached hydrogen (secondary N) is 1. The molecule has 1 saturated heterocycles. The van der Waals surface area contributed by atoms with E-state index in [9.17, 15) is 8.78 Å². The summed E-state index contributed by atoms with van der Waals surface area (Å²) >= 11 is 0. The van der Waals surface area contributed by atoms with Gasteiger partial charge in [0.25, 0.3) is 0 Å². The topological polar surface area (TPSA) is 30.5 Å². The van der Waals surface area contributed by atoms with Gasteiger partial charge in [-0.2, -0.15) is 0 Å². The average molecular weight is 299 g/mol. The van der Waals surface area contributed by atoms with Crippen molar-refractivity contribution in [2.24, 2.45) is 5.41 Å². The Labute approximate surface area is 124 Å². The molecule has 1 fully saturated rings. The van der Waals surface area contributed by atoms with Crippen LogP contribution in [0.1, 0.15) is 18.4 Å². The van der Waals surface area contributed by atoms with Gasteiger partial charge in [0.05, 0.1) is 13.2 Å². The van der Waals surface area contributed by atoms with E-state index in [1.807, 2.05) is 0 Å². The van der Waals surface area contributed by atoms with E-state index in [4.69, 9.17) is 9.47 Å². The first-order chi connectivity index (χ1) is 10.1. The standard InChI is InChI=1S/C16H23F2NO2/c1-20-6-4-19-11-16(3-2-5-21-12-16)10-13-7-14(17)9-15(18)8-13/h7-9,19H,2-6,10-12H2,1H3. The molecule has 1 aliphatic rings. The van der Waals surface area contributed by atoms with Crippen LogP contribution in [0.4, 0.5) is 8.78 Å². The molecule has 0 aliphatic carbocycles. The minimum atomic E-state index is -0.524.